The molecule has 1 atom stereocenters. The maximum atomic E-state index is 3.54. The Kier molecular flexibility index (Phi) is 4.42. The molecule has 0 radical (unpaired) electrons. The molecular formula is C14H20BrN. The zero-order chi connectivity index (χ0) is 11.4. The molecule has 0 saturated heterocycles. The van der Waals surface area contributed by atoms with Gasteiger partial charge < -0.3 is 5.32 Å². The number of halogens is 1. The van der Waals surface area contributed by atoms with Crippen LogP contribution >= 0.6 is 15.9 Å². The van der Waals surface area contributed by atoms with Gasteiger partial charge in [0.2, 0.25) is 0 Å². The van der Waals surface area contributed by atoms with E-state index in [9.17, 15) is 0 Å². The Morgan fingerprint density at radius 3 is 2.88 bits per heavy atom. The van der Waals surface area contributed by atoms with Crippen molar-refractivity contribution in [1.82, 2.24) is 5.32 Å². The molecule has 2 rings (SSSR count). The molecular weight excluding hydrogens is 262 g/mol. The predicted octanol–water partition coefficient (Wildman–Crippen LogP) is 3.63. The third kappa shape index (κ3) is 3.60. The van der Waals surface area contributed by atoms with E-state index in [0.29, 0.717) is 0 Å². The van der Waals surface area contributed by atoms with Crippen molar-refractivity contribution in [2.45, 2.75) is 26.2 Å². The van der Waals surface area contributed by atoms with Gasteiger partial charge in [0.05, 0.1) is 0 Å². The second-order valence-corrected chi connectivity index (χ2v) is 5.65. The molecule has 88 valence electrons. The van der Waals surface area contributed by atoms with E-state index in [2.05, 4.69) is 52.4 Å². The molecule has 0 aromatic heterocycles. The maximum Gasteiger partial charge on any atom is 0.0177 e. The number of rotatable bonds is 6. The topological polar surface area (TPSA) is 12.0 Å². The quantitative estimate of drug-likeness (QED) is 0.840. The lowest BCUT2D eigenvalue weighted by atomic mass is 9.95. The Morgan fingerprint density at radius 2 is 2.25 bits per heavy atom. The molecule has 0 heterocycles. The van der Waals surface area contributed by atoms with Crippen LogP contribution in [0, 0.1) is 11.8 Å². The molecule has 1 N–H and O–H groups in total. The summed E-state index contributed by atoms with van der Waals surface area (Å²) in [6.07, 6.45) is 4.09. The van der Waals surface area contributed by atoms with Crippen LogP contribution in [0.3, 0.4) is 0 Å². The largest absolute Gasteiger partial charge is 0.317 e. The van der Waals surface area contributed by atoms with Crippen LogP contribution < -0.4 is 5.32 Å². The van der Waals surface area contributed by atoms with Crippen molar-refractivity contribution in [3.8, 4) is 0 Å². The van der Waals surface area contributed by atoms with Crippen molar-refractivity contribution in [2.75, 3.05) is 13.1 Å². The number of hydrogen-bond acceptors (Lipinski definition) is 1. The standard InChI is InChI=1S/C14H20BrN/c1-2-16-10-13(12-6-7-12)8-11-4-3-5-14(15)9-11/h3-5,9,12-13,16H,2,6-8,10H2,1H3. The normalized spacial score (nSPS) is 17.4. The number of hydrogen-bond donors (Lipinski definition) is 1. The Bertz CT molecular complexity index is 333. The van der Waals surface area contributed by atoms with Gasteiger partial charge in [0, 0.05) is 4.47 Å². The van der Waals surface area contributed by atoms with Gasteiger partial charge in [-0.2, -0.15) is 0 Å². The molecule has 1 nitrogen and oxygen atoms in total. The van der Waals surface area contributed by atoms with Crippen molar-refractivity contribution < 1.29 is 0 Å². The lowest BCUT2D eigenvalue weighted by molar-refractivity contribution is 0.429. The first kappa shape index (κ1) is 12.1. The van der Waals surface area contributed by atoms with Crippen LogP contribution in [-0.4, -0.2) is 13.1 Å². The number of nitrogens with one attached hydrogen (secondary N) is 1. The summed E-state index contributed by atoms with van der Waals surface area (Å²) in [5.74, 6) is 1.80. The lowest BCUT2D eigenvalue weighted by Gasteiger charge is -2.16. The van der Waals surface area contributed by atoms with Gasteiger partial charge >= 0.3 is 0 Å². The average Bonchev–Trinajstić information content (AvgIpc) is 3.08. The van der Waals surface area contributed by atoms with Crippen LogP contribution in [0.4, 0.5) is 0 Å². The van der Waals surface area contributed by atoms with Gasteiger partial charge in [0.15, 0.2) is 0 Å². The number of benzene rings is 1. The van der Waals surface area contributed by atoms with E-state index in [1.54, 1.807) is 0 Å². The molecule has 0 amide bonds. The van der Waals surface area contributed by atoms with Gasteiger partial charge in [-0.3, -0.25) is 0 Å². The van der Waals surface area contributed by atoms with Crippen LogP contribution in [0.2, 0.25) is 0 Å². The molecule has 2 heteroatoms. The highest BCUT2D eigenvalue weighted by Crippen LogP contribution is 2.38. The molecule has 1 aliphatic carbocycles. The Morgan fingerprint density at radius 1 is 1.44 bits per heavy atom. The fourth-order valence-corrected chi connectivity index (χ4v) is 2.72. The summed E-state index contributed by atoms with van der Waals surface area (Å²) >= 11 is 3.54. The third-order valence-electron chi connectivity index (χ3n) is 3.33. The highest BCUT2D eigenvalue weighted by molar-refractivity contribution is 9.10. The second-order valence-electron chi connectivity index (χ2n) is 4.74. The molecule has 1 saturated carbocycles. The molecule has 1 fully saturated rings. The zero-order valence-electron chi connectivity index (χ0n) is 9.88. The molecule has 1 aromatic carbocycles. The van der Waals surface area contributed by atoms with Crippen molar-refractivity contribution >= 4 is 15.9 Å². The fraction of sp³-hybridized carbons (Fsp3) is 0.571. The van der Waals surface area contributed by atoms with Gasteiger partial charge in [-0.25, -0.2) is 0 Å². The van der Waals surface area contributed by atoms with Gasteiger partial charge in [-0.05, 0) is 61.9 Å². The van der Waals surface area contributed by atoms with Crippen LogP contribution in [0.15, 0.2) is 28.7 Å². The van der Waals surface area contributed by atoms with E-state index in [0.717, 1.165) is 18.4 Å². The molecule has 0 aliphatic heterocycles. The van der Waals surface area contributed by atoms with Crippen LogP contribution in [0.1, 0.15) is 25.3 Å². The van der Waals surface area contributed by atoms with E-state index >= 15 is 0 Å². The summed E-state index contributed by atoms with van der Waals surface area (Å²) in [7, 11) is 0. The van der Waals surface area contributed by atoms with Crippen LogP contribution in [-0.2, 0) is 6.42 Å². The summed E-state index contributed by atoms with van der Waals surface area (Å²) in [5.41, 5.74) is 1.46. The maximum absolute atomic E-state index is 3.54. The zero-order valence-corrected chi connectivity index (χ0v) is 11.5. The van der Waals surface area contributed by atoms with Gasteiger partial charge in [0.25, 0.3) is 0 Å². The highest BCUT2D eigenvalue weighted by atomic mass is 79.9. The molecule has 1 unspecified atom stereocenters. The first-order chi connectivity index (χ1) is 7.79. The Labute approximate surface area is 107 Å². The minimum absolute atomic E-state index is 0.828. The third-order valence-corrected chi connectivity index (χ3v) is 3.83. The first-order valence-corrected chi connectivity index (χ1v) is 7.04. The van der Waals surface area contributed by atoms with E-state index in [-0.39, 0.29) is 0 Å². The summed E-state index contributed by atoms with van der Waals surface area (Å²) in [6, 6.07) is 8.73. The van der Waals surface area contributed by atoms with Gasteiger partial charge in [0.1, 0.15) is 0 Å². The molecule has 16 heavy (non-hydrogen) atoms. The average molecular weight is 282 g/mol. The second kappa shape index (κ2) is 5.83. The monoisotopic (exact) mass is 281 g/mol. The van der Waals surface area contributed by atoms with Gasteiger partial charge in [-0.15, -0.1) is 0 Å². The van der Waals surface area contributed by atoms with Crippen molar-refractivity contribution in [2.24, 2.45) is 11.8 Å². The molecule has 1 aliphatic rings. The summed E-state index contributed by atoms with van der Waals surface area (Å²) in [5, 5.41) is 3.49. The summed E-state index contributed by atoms with van der Waals surface area (Å²) in [6.45, 7) is 4.44. The Balaban J connectivity index is 1.94. The van der Waals surface area contributed by atoms with Crippen molar-refractivity contribution in [3.05, 3.63) is 34.3 Å². The summed E-state index contributed by atoms with van der Waals surface area (Å²) in [4.78, 5) is 0. The fourth-order valence-electron chi connectivity index (χ4n) is 2.27. The lowest BCUT2D eigenvalue weighted by Crippen LogP contribution is -2.25. The van der Waals surface area contributed by atoms with E-state index in [4.69, 9.17) is 0 Å². The highest BCUT2D eigenvalue weighted by Gasteiger charge is 2.30. The van der Waals surface area contributed by atoms with E-state index in [1.807, 2.05) is 0 Å². The van der Waals surface area contributed by atoms with Gasteiger partial charge in [-0.1, -0.05) is 35.0 Å². The van der Waals surface area contributed by atoms with Crippen molar-refractivity contribution in [3.63, 3.8) is 0 Å². The molecule has 1 aromatic rings. The van der Waals surface area contributed by atoms with Crippen LogP contribution in [0.25, 0.3) is 0 Å². The first-order valence-electron chi connectivity index (χ1n) is 6.24. The minimum Gasteiger partial charge on any atom is -0.317 e. The van der Waals surface area contributed by atoms with Crippen LogP contribution in [0.5, 0.6) is 0 Å². The predicted molar refractivity (Wildman–Crippen MR) is 72.6 cm³/mol. The smallest absolute Gasteiger partial charge is 0.0177 e. The summed E-state index contributed by atoms with van der Waals surface area (Å²) < 4.78 is 1.20. The molecule has 0 spiro atoms. The van der Waals surface area contributed by atoms with E-state index in [1.165, 1.54) is 35.8 Å². The Hall–Kier alpha value is -0.340. The minimum atomic E-state index is 0.828. The van der Waals surface area contributed by atoms with Crippen molar-refractivity contribution in [1.29, 1.82) is 0 Å². The SMILES string of the molecule is CCNCC(Cc1cccc(Br)c1)C1CC1. The molecule has 0 bridgehead atoms. The van der Waals surface area contributed by atoms with E-state index < -0.39 is 0 Å².